The van der Waals surface area contributed by atoms with Crippen LogP contribution in [-0.2, 0) is 62.9 Å². The van der Waals surface area contributed by atoms with Crippen molar-refractivity contribution in [3.05, 3.63) is 199 Å². The molecule has 0 aliphatic heterocycles. The Balaban J connectivity index is 0.000000214. The predicted octanol–water partition coefficient (Wildman–Crippen LogP) is 13.6. The van der Waals surface area contributed by atoms with Gasteiger partial charge in [0, 0.05) is 93.1 Å². The van der Waals surface area contributed by atoms with E-state index in [9.17, 15) is 30.0 Å². The maximum Gasteiger partial charge on any atom is 0.303 e. The van der Waals surface area contributed by atoms with Gasteiger partial charge in [0.2, 0.25) is 5.91 Å². The first-order valence-electron chi connectivity index (χ1n) is 31.0. The van der Waals surface area contributed by atoms with Crippen LogP contribution in [0.3, 0.4) is 0 Å². The first kappa shape index (κ1) is 66.7. The molecule has 476 valence electrons. The van der Waals surface area contributed by atoms with Crippen LogP contribution in [0.1, 0.15) is 129 Å². The van der Waals surface area contributed by atoms with E-state index in [-0.39, 0.29) is 44.5 Å². The van der Waals surface area contributed by atoms with Crippen LogP contribution < -0.4 is 9.47 Å². The molecule has 4 aliphatic rings. The van der Waals surface area contributed by atoms with E-state index in [1.807, 2.05) is 122 Å². The number of benzene rings is 5. The zero-order chi connectivity index (χ0) is 63.4. The number of aryl methyl sites for hydroxylation is 2. The summed E-state index contributed by atoms with van der Waals surface area (Å²) in [7, 11) is 0. The average molecular weight is 1310 g/mol. The maximum absolute atomic E-state index is 13.4. The van der Waals surface area contributed by atoms with Crippen LogP contribution in [0.5, 0.6) is 11.5 Å². The number of unbranched alkanes of at least 4 members (excludes halogenated alkanes) is 2. The number of nitrogens with zero attached hydrogens (tertiary/aromatic N) is 3. The molecule has 1 amide bonds. The Kier molecular flexibility index (Phi) is 23.0. The number of rotatable bonds is 32. The summed E-state index contributed by atoms with van der Waals surface area (Å²) in [5, 5.41) is 61.1. The number of carboxylic acids is 1. The number of aliphatic hydroxyl groups is 5. The molecule has 0 spiro atoms. The van der Waals surface area contributed by atoms with Gasteiger partial charge in [0.1, 0.15) is 35.9 Å². The number of hydrogen-bond acceptors (Lipinski definition) is 13. The number of carboxylic acid groups (broad SMARTS) is 1. The van der Waals surface area contributed by atoms with Crippen LogP contribution in [0.2, 0.25) is 20.1 Å². The lowest BCUT2D eigenvalue weighted by Gasteiger charge is -2.30. The molecule has 15 nitrogen and oxygen atoms in total. The Morgan fingerprint density at radius 1 is 0.544 bits per heavy atom. The van der Waals surface area contributed by atoms with Gasteiger partial charge in [-0.15, -0.1) is 0 Å². The number of para-hydroxylation sites is 2. The van der Waals surface area contributed by atoms with Crippen LogP contribution in [-0.4, -0.2) is 107 Å². The molecule has 0 unspecified atom stereocenters. The molecule has 90 heavy (non-hydrogen) atoms. The second-order valence-electron chi connectivity index (χ2n) is 24.0. The molecule has 4 fully saturated rings. The molecule has 4 aliphatic carbocycles. The van der Waals surface area contributed by atoms with Gasteiger partial charge in [0.25, 0.3) is 0 Å². The van der Waals surface area contributed by atoms with E-state index >= 15 is 0 Å². The van der Waals surface area contributed by atoms with Gasteiger partial charge in [0.05, 0.1) is 43.2 Å². The van der Waals surface area contributed by atoms with Gasteiger partial charge < -0.3 is 54.5 Å². The molecule has 5 aromatic carbocycles. The molecule has 7 aromatic rings. The first-order chi connectivity index (χ1) is 43.5. The third-order valence-electron chi connectivity index (χ3n) is 16.9. The molecule has 11 rings (SSSR count). The molecule has 0 saturated heterocycles. The molecule has 4 atom stereocenters. The van der Waals surface area contributed by atoms with E-state index in [2.05, 4.69) is 22.1 Å². The highest BCUT2D eigenvalue weighted by Gasteiger charge is 2.49. The van der Waals surface area contributed by atoms with E-state index in [1.165, 1.54) is 4.90 Å². The highest BCUT2D eigenvalue weighted by atomic mass is 35.5. The van der Waals surface area contributed by atoms with Gasteiger partial charge in [-0.1, -0.05) is 113 Å². The molecule has 0 bridgehead atoms. The largest absolute Gasteiger partial charge is 0.490 e. The fraction of sp³-hybridized carbons (Fsp3) is 0.408. The molecule has 6 N–H and O–H groups in total. The van der Waals surface area contributed by atoms with Gasteiger partial charge in [0.15, 0.2) is 0 Å². The summed E-state index contributed by atoms with van der Waals surface area (Å²) in [6.07, 6.45) is 13.3. The van der Waals surface area contributed by atoms with E-state index in [0.717, 1.165) is 130 Å². The molecule has 2 aromatic heterocycles. The Labute approximate surface area is 545 Å². The fourth-order valence-corrected chi connectivity index (χ4v) is 12.1. The van der Waals surface area contributed by atoms with Crippen molar-refractivity contribution in [2.75, 3.05) is 13.2 Å². The summed E-state index contributed by atoms with van der Waals surface area (Å²) in [5.74, 6) is 0.741. The summed E-state index contributed by atoms with van der Waals surface area (Å²) in [4.78, 5) is 34.4. The molecular weight excluding hydrogens is 1230 g/mol. The molecule has 19 heteroatoms. The number of pyridine rings is 2. The van der Waals surface area contributed by atoms with Crippen LogP contribution in [0.4, 0.5) is 0 Å². The number of aliphatic carboxylic acids is 1. The Hall–Kier alpha value is -6.18. The number of aromatic nitrogens is 2. The predicted molar refractivity (Wildman–Crippen MR) is 347 cm³/mol. The third kappa shape index (κ3) is 17.7. The summed E-state index contributed by atoms with van der Waals surface area (Å²) in [6.45, 7) is -0.273. The number of aliphatic hydroxyl groups excluding tert-OH is 5. The van der Waals surface area contributed by atoms with Crippen LogP contribution in [0, 0.1) is 0 Å². The van der Waals surface area contributed by atoms with Gasteiger partial charge in [-0.2, -0.15) is 0 Å². The maximum atomic E-state index is 13.4. The van der Waals surface area contributed by atoms with Gasteiger partial charge in [-0.25, -0.2) is 0 Å². The first-order valence-corrected chi connectivity index (χ1v) is 32.5. The molecule has 4 saturated carbocycles. The number of carbonyl (C=O) groups excluding carboxylic acids is 1. The molecule has 0 radical (unpaired) electrons. The minimum Gasteiger partial charge on any atom is -0.490 e. The number of hydrogen-bond donors (Lipinski definition) is 6. The van der Waals surface area contributed by atoms with Gasteiger partial charge >= 0.3 is 5.97 Å². The van der Waals surface area contributed by atoms with Crippen molar-refractivity contribution < 1.29 is 59.2 Å². The van der Waals surface area contributed by atoms with Crippen molar-refractivity contribution in [2.24, 2.45) is 0 Å². The lowest BCUT2D eigenvalue weighted by Crippen LogP contribution is -2.50. The standard InChI is InChI=1S/C42H48Cl2N2O8.C29H29Cl2NO4/c43-34-21-29(26-53-42(17-18-42)33-22-45-19-16-31(33)32-11-5-6-12-38(32)54-30-14-15-30)35(44)20-28(34)10-4-7-13-39(50)46(23-27-8-2-1-3-9-27)24-36(48)40(51)41(52)37(49)25-47;30-25-16-20(26(31)15-19(25)5-1-4-8-28(33)34)18-35-29(12-13-29)24-17-32-14-11-22(24)23-6-2-3-7-27(23)36-21-9-10-21/h1-3,5-6,8-9,11-12,16,19-22,30,36-37,40-41,47-49,51-52H,4,7,10,13-15,17-18,23-26H2;2-3,6-7,11,14-17,21H,1,4-5,8-10,12-13,18H2,(H,33,34)/t36-,37+,40+,41+;/m0./s1. The average Bonchev–Trinajstić information content (AvgIpc) is 1.65. The van der Waals surface area contributed by atoms with E-state index in [1.54, 1.807) is 6.20 Å². The smallest absolute Gasteiger partial charge is 0.303 e. The fourth-order valence-electron chi connectivity index (χ4n) is 11.1. The normalized spacial score (nSPS) is 16.6. The highest BCUT2D eigenvalue weighted by molar-refractivity contribution is 6.34. The van der Waals surface area contributed by atoms with Gasteiger partial charge in [-0.05, 0) is 177 Å². The van der Waals surface area contributed by atoms with Crippen molar-refractivity contribution in [1.29, 1.82) is 0 Å². The van der Waals surface area contributed by atoms with Crippen LogP contribution >= 0.6 is 46.4 Å². The van der Waals surface area contributed by atoms with E-state index in [4.69, 9.17) is 75.6 Å². The zero-order valence-electron chi connectivity index (χ0n) is 50.1. The lowest BCUT2D eigenvalue weighted by molar-refractivity contribution is -0.140. The second-order valence-corrected chi connectivity index (χ2v) is 25.6. The Bertz CT molecular complexity index is 3560. The van der Waals surface area contributed by atoms with Crippen molar-refractivity contribution >= 4 is 58.3 Å². The van der Waals surface area contributed by atoms with E-state index < -0.39 is 48.2 Å². The Morgan fingerprint density at radius 3 is 1.43 bits per heavy atom. The number of halogens is 4. The third-order valence-corrected chi connectivity index (χ3v) is 18.3. The van der Waals surface area contributed by atoms with Crippen molar-refractivity contribution in [2.45, 2.75) is 170 Å². The summed E-state index contributed by atoms with van der Waals surface area (Å²) >= 11 is 26.7. The lowest BCUT2D eigenvalue weighted by atomic mass is 9.96. The molecule has 2 heterocycles. The van der Waals surface area contributed by atoms with Crippen LogP contribution in [0.25, 0.3) is 22.3 Å². The summed E-state index contributed by atoms with van der Waals surface area (Å²) < 4.78 is 25.6. The quantitative estimate of drug-likeness (QED) is 0.0216. The SMILES string of the molecule is O=C(CCCCc1cc(Cl)c(COC2(c3cnccc3-c3ccccc3OC3CC3)CC2)cc1Cl)N(Cc1ccccc1)C[C@H](O)[C@@H](O)[C@H](O)[C@H](O)CO.O=C(O)CCCCc1cc(Cl)c(COC2(c3cnccc3-c3ccccc3OC3CC3)CC2)cc1Cl. The van der Waals surface area contributed by atoms with Crippen molar-refractivity contribution in [3.8, 4) is 33.8 Å². The number of amides is 1. The highest BCUT2D eigenvalue weighted by Crippen LogP contribution is 2.55. The monoisotopic (exact) mass is 1300 g/mol. The summed E-state index contributed by atoms with van der Waals surface area (Å²) in [5.41, 5.74) is 9.64. The van der Waals surface area contributed by atoms with Crippen molar-refractivity contribution in [3.63, 3.8) is 0 Å². The van der Waals surface area contributed by atoms with Gasteiger partial charge in [-0.3, -0.25) is 19.6 Å². The topological polar surface area (TPSA) is 221 Å². The van der Waals surface area contributed by atoms with Crippen LogP contribution in [0.15, 0.2) is 140 Å². The molecular formula is C71H77Cl4N3O12. The van der Waals surface area contributed by atoms with E-state index in [0.29, 0.717) is 64.9 Å². The Morgan fingerprint density at radius 2 is 0.978 bits per heavy atom. The minimum absolute atomic E-state index is 0.160. The minimum atomic E-state index is -1.78. The number of ether oxygens (including phenoxy) is 4. The second kappa shape index (κ2) is 31.0. The van der Waals surface area contributed by atoms with Crippen molar-refractivity contribution in [1.82, 2.24) is 14.9 Å². The zero-order valence-corrected chi connectivity index (χ0v) is 53.1. The summed E-state index contributed by atoms with van der Waals surface area (Å²) in [6, 6.07) is 37.0. The number of carbonyl (C=O) groups is 2.